The summed E-state index contributed by atoms with van der Waals surface area (Å²) in [6.45, 7) is 3.98. The SMILES string of the molecule is CCCCC[C@H](O)/C=C/[C@H]1[C@H](O)CC(=O)[C@@H]1C/C=C\CCCCOC(C)=O. The molecule has 0 heterocycles. The number of esters is 1. The Hall–Kier alpha value is -1.46. The monoisotopic (exact) mass is 380 g/mol. The summed E-state index contributed by atoms with van der Waals surface area (Å²) in [7, 11) is 0. The topological polar surface area (TPSA) is 83.8 Å². The highest BCUT2D eigenvalue weighted by molar-refractivity contribution is 5.84. The van der Waals surface area contributed by atoms with Gasteiger partial charge in [0, 0.05) is 25.2 Å². The average molecular weight is 381 g/mol. The van der Waals surface area contributed by atoms with Crippen molar-refractivity contribution in [3.8, 4) is 0 Å². The Kier molecular flexibility index (Phi) is 11.9. The van der Waals surface area contributed by atoms with Gasteiger partial charge in [0.15, 0.2) is 0 Å². The Balaban J connectivity index is 2.39. The van der Waals surface area contributed by atoms with Crippen molar-refractivity contribution in [2.45, 2.75) is 83.8 Å². The van der Waals surface area contributed by atoms with Crippen molar-refractivity contribution in [3.63, 3.8) is 0 Å². The molecule has 0 aromatic heterocycles. The molecule has 0 amide bonds. The van der Waals surface area contributed by atoms with Gasteiger partial charge in [-0.05, 0) is 32.1 Å². The second-order valence-electron chi connectivity index (χ2n) is 7.41. The molecule has 5 nitrogen and oxygen atoms in total. The average Bonchev–Trinajstić information content (AvgIpc) is 2.88. The van der Waals surface area contributed by atoms with E-state index in [4.69, 9.17) is 4.74 Å². The second-order valence-corrected chi connectivity index (χ2v) is 7.41. The van der Waals surface area contributed by atoms with Crippen LogP contribution in [0.2, 0.25) is 0 Å². The molecule has 1 saturated carbocycles. The van der Waals surface area contributed by atoms with E-state index in [1.807, 2.05) is 18.2 Å². The quantitative estimate of drug-likeness (QED) is 0.289. The van der Waals surface area contributed by atoms with E-state index in [-0.39, 0.29) is 30.0 Å². The summed E-state index contributed by atoms with van der Waals surface area (Å²) in [5.74, 6) is -0.584. The van der Waals surface area contributed by atoms with Gasteiger partial charge in [-0.25, -0.2) is 0 Å². The first-order valence-electron chi connectivity index (χ1n) is 10.3. The number of rotatable bonds is 13. The molecule has 0 aromatic carbocycles. The van der Waals surface area contributed by atoms with Gasteiger partial charge in [0.1, 0.15) is 5.78 Å². The van der Waals surface area contributed by atoms with Crippen molar-refractivity contribution in [2.75, 3.05) is 6.61 Å². The van der Waals surface area contributed by atoms with Crippen LogP contribution < -0.4 is 0 Å². The maximum atomic E-state index is 12.2. The van der Waals surface area contributed by atoms with Crippen LogP contribution in [0.4, 0.5) is 0 Å². The summed E-state index contributed by atoms with van der Waals surface area (Å²) >= 11 is 0. The molecule has 154 valence electrons. The Morgan fingerprint density at radius 1 is 1.26 bits per heavy atom. The van der Waals surface area contributed by atoms with Gasteiger partial charge in [0.25, 0.3) is 0 Å². The van der Waals surface area contributed by atoms with Gasteiger partial charge in [-0.15, -0.1) is 0 Å². The lowest BCUT2D eigenvalue weighted by Gasteiger charge is -2.16. The van der Waals surface area contributed by atoms with Crippen LogP contribution in [0.3, 0.4) is 0 Å². The number of allylic oxidation sites excluding steroid dienone is 2. The zero-order valence-corrected chi connectivity index (χ0v) is 16.8. The van der Waals surface area contributed by atoms with Gasteiger partial charge >= 0.3 is 5.97 Å². The fourth-order valence-electron chi connectivity index (χ4n) is 3.42. The number of Topliss-reactive ketones (excluding diaryl/α,β-unsaturated/α-hetero) is 1. The number of ether oxygens (including phenoxy) is 1. The van der Waals surface area contributed by atoms with E-state index < -0.39 is 12.2 Å². The van der Waals surface area contributed by atoms with Gasteiger partial charge in [-0.2, -0.15) is 0 Å². The van der Waals surface area contributed by atoms with Crippen LogP contribution in [0.1, 0.15) is 71.6 Å². The molecule has 0 spiro atoms. The van der Waals surface area contributed by atoms with E-state index in [9.17, 15) is 19.8 Å². The van der Waals surface area contributed by atoms with Gasteiger partial charge in [0.05, 0.1) is 18.8 Å². The number of aliphatic hydroxyl groups is 2. The molecule has 0 aromatic rings. The van der Waals surface area contributed by atoms with Gasteiger partial charge < -0.3 is 14.9 Å². The smallest absolute Gasteiger partial charge is 0.302 e. The third kappa shape index (κ3) is 9.87. The molecule has 0 bridgehead atoms. The number of aliphatic hydroxyl groups excluding tert-OH is 2. The van der Waals surface area contributed by atoms with Crippen molar-refractivity contribution >= 4 is 11.8 Å². The van der Waals surface area contributed by atoms with Crippen LogP contribution in [0.5, 0.6) is 0 Å². The Morgan fingerprint density at radius 3 is 2.74 bits per heavy atom. The summed E-state index contributed by atoms with van der Waals surface area (Å²) in [6, 6.07) is 0. The maximum absolute atomic E-state index is 12.2. The first-order chi connectivity index (χ1) is 13.0. The number of hydrogen-bond acceptors (Lipinski definition) is 5. The predicted octanol–water partition coefficient (Wildman–Crippen LogP) is 3.73. The molecule has 1 rings (SSSR count). The maximum Gasteiger partial charge on any atom is 0.302 e. The minimum absolute atomic E-state index is 0.0946. The van der Waals surface area contributed by atoms with Crippen LogP contribution in [0.25, 0.3) is 0 Å². The van der Waals surface area contributed by atoms with E-state index in [1.54, 1.807) is 6.08 Å². The van der Waals surface area contributed by atoms with Gasteiger partial charge in [-0.3, -0.25) is 9.59 Å². The largest absolute Gasteiger partial charge is 0.466 e. The number of carbonyl (C=O) groups excluding carboxylic acids is 2. The number of hydrogen-bond donors (Lipinski definition) is 2. The molecule has 0 aliphatic heterocycles. The molecule has 1 aliphatic carbocycles. The van der Waals surface area contributed by atoms with E-state index >= 15 is 0 Å². The van der Waals surface area contributed by atoms with Crippen LogP contribution in [0, 0.1) is 11.8 Å². The molecular formula is C22H36O5. The van der Waals surface area contributed by atoms with E-state index in [0.29, 0.717) is 13.0 Å². The third-order valence-corrected chi connectivity index (χ3v) is 5.02. The van der Waals surface area contributed by atoms with E-state index in [1.165, 1.54) is 6.92 Å². The lowest BCUT2D eigenvalue weighted by molar-refractivity contribution is -0.141. The highest BCUT2D eigenvalue weighted by atomic mass is 16.5. The molecule has 1 fully saturated rings. The van der Waals surface area contributed by atoms with Crippen molar-refractivity contribution in [1.29, 1.82) is 0 Å². The molecule has 27 heavy (non-hydrogen) atoms. The van der Waals surface area contributed by atoms with Crippen molar-refractivity contribution in [2.24, 2.45) is 11.8 Å². The van der Waals surface area contributed by atoms with Gasteiger partial charge in [-0.1, -0.05) is 50.5 Å². The van der Waals surface area contributed by atoms with Crippen molar-refractivity contribution in [1.82, 2.24) is 0 Å². The minimum atomic E-state index is -0.654. The molecular weight excluding hydrogens is 344 g/mol. The Labute approximate surface area is 163 Å². The van der Waals surface area contributed by atoms with Crippen LogP contribution in [0.15, 0.2) is 24.3 Å². The first kappa shape index (κ1) is 23.6. The number of carbonyl (C=O) groups is 2. The fourth-order valence-corrected chi connectivity index (χ4v) is 3.42. The van der Waals surface area contributed by atoms with Gasteiger partial charge in [0.2, 0.25) is 0 Å². The summed E-state index contributed by atoms with van der Waals surface area (Å²) in [5, 5.41) is 20.2. The molecule has 0 saturated heterocycles. The molecule has 0 unspecified atom stereocenters. The highest BCUT2D eigenvalue weighted by Gasteiger charge is 2.39. The molecule has 2 N–H and O–H groups in total. The minimum Gasteiger partial charge on any atom is -0.466 e. The van der Waals surface area contributed by atoms with Crippen LogP contribution in [-0.2, 0) is 14.3 Å². The van der Waals surface area contributed by atoms with Crippen molar-refractivity contribution in [3.05, 3.63) is 24.3 Å². The highest BCUT2D eigenvalue weighted by Crippen LogP contribution is 2.33. The number of unbranched alkanes of at least 4 members (excludes halogenated alkanes) is 4. The third-order valence-electron chi connectivity index (χ3n) is 5.02. The zero-order chi connectivity index (χ0) is 20.1. The summed E-state index contributed by atoms with van der Waals surface area (Å²) < 4.78 is 4.88. The lowest BCUT2D eigenvalue weighted by Crippen LogP contribution is -2.18. The molecule has 1 aliphatic rings. The first-order valence-corrected chi connectivity index (χ1v) is 10.3. The van der Waals surface area contributed by atoms with Crippen LogP contribution >= 0.6 is 0 Å². The summed E-state index contributed by atoms with van der Waals surface area (Å²) in [5.41, 5.74) is 0. The second kappa shape index (κ2) is 13.7. The number of ketones is 1. The lowest BCUT2D eigenvalue weighted by atomic mass is 9.90. The van der Waals surface area contributed by atoms with E-state index in [2.05, 4.69) is 6.92 Å². The summed E-state index contributed by atoms with van der Waals surface area (Å²) in [6.07, 6.45) is 13.8. The van der Waals surface area contributed by atoms with Crippen molar-refractivity contribution < 1.29 is 24.5 Å². The van der Waals surface area contributed by atoms with E-state index in [0.717, 1.165) is 44.9 Å². The zero-order valence-electron chi connectivity index (χ0n) is 16.8. The molecule has 5 heteroatoms. The predicted molar refractivity (Wildman–Crippen MR) is 106 cm³/mol. The Morgan fingerprint density at radius 2 is 2.04 bits per heavy atom. The summed E-state index contributed by atoms with van der Waals surface area (Å²) in [4.78, 5) is 22.8. The standard InChI is InChI=1S/C22H36O5/c1-3-4-8-11-18(24)13-14-20-19(21(25)16-22(20)26)12-9-6-5-7-10-15-27-17(2)23/h6,9,13-14,18-20,22,24,26H,3-5,7-8,10-12,15-16H2,1-2H3/b9-6-,14-13+/t18-,19+,20+,22+/m0/s1. The molecule has 4 atom stereocenters. The molecule has 0 radical (unpaired) electrons. The normalized spacial score (nSPS) is 24.1. The van der Waals surface area contributed by atoms with Crippen LogP contribution in [-0.4, -0.2) is 40.8 Å². The fraction of sp³-hybridized carbons (Fsp3) is 0.727. The Bertz CT molecular complexity index is 497.